The summed E-state index contributed by atoms with van der Waals surface area (Å²) in [5.74, 6) is 0.584. The molecule has 28 heavy (non-hydrogen) atoms. The summed E-state index contributed by atoms with van der Waals surface area (Å²) in [6.45, 7) is 0.563. The summed E-state index contributed by atoms with van der Waals surface area (Å²) in [7, 11) is 0. The van der Waals surface area contributed by atoms with Crippen molar-refractivity contribution in [1.82, 2.24) is 14.9 Å². The molecule has 1 fully saturated rings. The van der Waals surface area contributed by atoms with Crippen LogP contribution in [0.4, 0.5) is 5.95 Å². The SMILES string of the molecule is O=C(CC1C(=O)N(C2CC2)c2nc3ccccc3n21)NCCc1ccccc1. The summed E-state index contributed by atoms with van der Waals surface area (Å²) in [5, 5.41) is 2.97. The summed E-state index contributed by atoms with van der Waals surface area (Å²) in [4.78, 5) is 32.1. The van der Waals surface area contributed by atoms with Crippen molar-refractivity contribution >= 4 is 28.8 Å². The van der Waals surface area contributed by atoms with E-state index in [0.29, 0.717) is 12.5 Å². The molecule has 6 nitrogen and oxygen atoms in total. The summed E-state index contributed by atoms with van der Waals surface area (Å²) in [5.41, 5.74) is 2.96. The first-order valence-electron chi connectivity index (χ1n) is 9.83. The highest BCUT2D eigenvalue weighted by molar-refractivity contribution is 6.04. The molecule has 5 rings (SSSR count). The van der Waals surface area contributed by atoms with E-state index >= 15 is 0 Å². The van der Waals surface area contributed by atoms with Crippen LogP contribution in [0.15, 0.2) is 54.6 Å². The Morgan fingerprint density at radius 1 is 1.07 bits per heavy atom. The van der Waals surface area contributed by atoms with Crippen molar-refractivity contribution in [3.63, 3.8) is 0 Å². The molecule has 1 saturated carbocycles. The lowest BCUT2D eigenvalue weighted by Crippen LogP contribution is -2.34. The molecule has 2 amide bonds. The van der Waals surface area contributed by atoms with Crippen molar-refractivity contribution in [2.45, 2.75) is 37.8 Å². The van der Waals surface area contributed by atoms with Crippen molar-refractivity contribution in [2.24, 2.45) is 0 Å². The lowest BCUT2D eigenvalue weighted by molar-refractivity contribution is -0.127. The number of carbonyl (C=O) groups is 2. The number of nitrogens with one attached hydrogen (secondary N) is 1. The standard InChI is InChI=1S/C22H22N4O2/c27-20(23-13-12-15-6-2-1-3-7-15)14-19-21(28)25(16-10-11-16)22-24-17-8-4-5-9-18(17)26(19)22/h1-9,16,19H,10-14H2,(H,23,27). The molecular weight excluding hydrogens is 352 g/mol. The molecule has 0 saturated heterocycles. The third-order valence-corrected chi connectivity index (χ3v) is 5.50. The minimum absolute atomic E-state index is 0.00559. The molecule has 1 N–H and O–H groups in total. The van der Waals surface area contributed by atoms with Gasteiger partial charge in [-0.25, -0.2) is 4.98 Å². The molecule has 3 aromatic rings. The number of rotatable bonds is 6. The van der Waals surface area contributed by atoms with Gasteiger partial charge in [0.2, 0.25) is 11.9 Å². The number of carbonyl (C=O) groups excluding carboxylic acids is 2. The van der Waals surface area contributed by atoms with Gasteiger partial charge in [0.25, 0.3) is 5.91 Å². The van der Waals surface area contributed by atoms with E-state index in [1.165, 1.54) is 5.56 Å². The van der Waals surface area contributed by atoms with Crippen LogP contribution in [0, 0.1) is 0 Å². The zero-order valence-electron chi connectivity index (χ0n) is 15.5. The number of benzene rings is 2. The summed E-state index contributed by atoms with van der Waals surface area (Å²) < 4.78 is 1.95. The van der Waals surface area contributed by atoms with Gasteiger partial charge in [0.15, 0.2) is 0 Å². The first-order valence-corrected chi connectivity index (χ1v) is 9.83. The van der Waals surface area contributed by atoms with Gasteiger partial charge in [0, 0.05) is 12.6 Å². The molecule has 1 aliphatic carbocycles. The van der Waals surface area contributed by atoms with Crippen LogP contribution in [0.5, 0.6) is 0 Å². The maximum absolute atomic E-state index is 13.1. The van der Waals surface area contributed by atoms with Gasteiger partial charge in [-0.1, -0.05) is 42.5 Å². The van der Waals surface area contributed by atoms with Crippen LogP contribution in [0.1, 0.15) is 30.9 Å². The molecule has 2 aliphatic rings. The topological polar surface area (TPSA) is 67.2 Å². The van der Waals surface area contributed by atoms with Crippen LogP contribution in [-0.2, 0) is 16.0 Å². The van der Waals surface area contributed by atoms with Crippen LogP contribution in [0.3, 0.4) is 0 Å². The summed E-state index contributed by atoms with van der Waals surface area (Å²) in [6.07, 6.45) is 2.93. The fourth-order valence-corrected chi connectivity index (χ4v) is 3.97. The second-order valence-electron chi connectivity index (χ2n) is 7.52. The van der Waals surface area contributed by atoms with Crippen molar-refractivity contribution in [1.29, 1.82) is 0 Å². The van der Waals surface area contributed by atoms with E-state index in [2.05, 4.69) is 10.3 Å². The van der Waals surface area contributed by atoms with Gasteiger partial charge in [0.1, 0.15) is 6.04 Å². The Kier molecular flexibility index (Phi) is 4.11. The fourth-order valence-electron chi connectivity index (χ4n) is 3.97. The van der Waals surface area contributed by atoms with E-state index in [0.717, 1.165) is 30.3 Å². The second kappa shape index (κ2) is 6.78. The number of nitrogens with zero attached hydrogens (tertiary/aromatic N) is 3. The van der Waals surface area contributed by atoms with Gasteiger partial charge in [-0.3, -0.25) is 19.1 Å². The first-order chi connectivity index (χ1) is 13.7. The Labute approximate surface area is 163 Å². The highest BCUT2D eigenvalue weighted by Crippen LogP contribution is 2.42. The zero-order chi connectivity index (χ0) is 19.1. The molecule has 2 heterocycles. The highest BCUT2D eigenvalue weighted by atomic mass is 16.2. The van der Waals surface area contributed by atoms with Gasteiger partial charge in [-0.05, 0) is 37.0 Å². The third-order valence-electron chi connectivity index (χ3n) is 5.50. The minimum atomic E-state index is -0.514. The predicted molar refractivity (Wildman–Crippen MR) is 107 cm³/mol. The number of anilines is 1. The third kappa shape index (κ3) is 2.95. The molecule has 142 valence electrons. The molecule has 0 spiro atoms. The fraction of sp³-hybridized carbons (Fsp3) is 0.318. The quantitative estimate of drug-likeness (QED) is 0.721. The van der Waals surface area contributed by atoms with Gasteiger partial charge in [-0.15, -0.1) is 0 Å². The second-order valence-corrected chi connectivity index (χ2v) is 7.52. The molecule has 1 atom stereocenters. The van der Waals surface area contributed by atoms with Crippen LogP contribution in [-0.4, -0.2) is 34.0 Å². The number of amides is 2. The number of imidazole rings is 1. The summed E-state index contributed by atoms with van der Waals surface area (Å²) >= 11 is 0. The predicted octanol–water partition coefficient (Wildman–Crippen LogP) is 2.84. The first kappa shape index (κ1) is 17.0. The van der Waals surface area contributed by atoms with E-state index in [4.69, 9.17) is 0 Å². The van der Waals surface area contributed by atoms with E-state index in [9.17, 15) is 9.59 Å². The molecule has 1 unspecified atom stereocenters. The van der Waals surface area contributed by atoms with Crippen LogP contribution < -0.4 is 10.2 Å². The minimum Gasteiger partial charge on any atom is -0.356 e. The Morgan fingerprint density at radius 2 is 1.82 bits per heavy atom. The number of fused-ring (bicyclic) bond motifs is 3. The van der Waals surface area contributed by atoms with Gasteiger partial charge in [-0.2, -0.15) is 0 Å². The lowest BCUT2D eigenvalue weighted by atomic mass is 10.1. The van der Waals surface area contributed by atoms with Gasteiger partial charge >= 0.3 is 0 Å². The average Bonchev–Trinajstić information content (AvgIpc) is 3.41. The average molecular weight is 374 g/mol. The highest BCUT2D eigenvalue weighted by Gasteiger charge is 2.47. The van der Waals surface area contributed by atoms with Crippen molar-refractivity contribution in [2.75, 3.05) is 11.4 Å². The Morgan fingerprint density at radius 3 is 2.61 bits per heavy atom. The maximum Gasteiger partial charge on any atom is 0.253 e. The molecule has 6 heteroatoms. The van der Waals surface area contributed by atoms with E-state index < -0.39 is 6.04 Å². The van der Waals surface area contributed by atoms with Crippen molar-refractivity contribution in [3.05, 3.63) is 60.2 Å². The zero-order valence-corrected chi connectivity index (χ0v) is 15.5. The molecule has 0 bridgehead atoms. The van der Waals surface area contributed by atoms with Crippen molar-refractivity contribution in [3.8, 4) is 0 Å². The Bertz CT molecular complexity index is 1040. The number of hydrogen-bond donors (Lipinski definition) is 1. The smallest absolute Gasteiger partial charge is 0.253 e. The van der Waals surface area contributed by atoms with Crippen LogP contribution >= 0.6 is 0 Å². The normalized spacial score (nSPS) is 18.5. The van der Waals surface area contributed by atoms with Crippen molar-refractivity contribution < 1.29 is 9.59 Å². The van der Waals surface area contributed by atoms with E-state index in [-0.39, 0.29) is 24.3 Å². The summed E-state index contributed by atoms with van der Waals surface area (Å²) in [6, 6.07) is 17.6. The number of hydrogen-bond acceptors (Lipinski definition) is 3. The molecular formula is C22H22N4O2. The number of para-hydroxylation sites is 2. The Hall–Kier alpha value is -3.15. The van der Waals surface area contributed by atoms with Gasteiger partial charge in [0.05, 0.1) is 17.5 Å². The largest absolute Gasteiger partial charge is 0.356 e. The molecule has 2 aromatic carbocycles. The van der Waals surface area contributed by atoms with E-state index in [1.807, 2.05) is 64.1 Å². The van der Waals surface area contributed by atoms with E-state index in [1.54, 1.807) is 0 Å². The molecule has 1 aromatic heterocycles. The maximum atomic E-state index is 13.1. The number of aromatic nitrogens is 2. The monoisotopic (exact) mass is 374 g/mol. The molecule has 0 radical (unpaired) electrons. The van der Waals surface area contributed by atoms with Gasteiger partial charge < -0.3 is 5.32 Å². The van der Waals surface area contributed by atoms with Crippen LogP contribution in [0.25, 0.3) is 11.0 Å². The van der Waals surface area contributed by atoms with Crippen LogP contribution in [0.2, 0.25) is 0 Å². The molecule has 1 aliphatic heterocycles. The Balaban J connectivity index is 1.33. The lowest BCUT2D eigenvalue weighted by Gasteiger charge is -2.15.